The van der Waals surface area contributed by atoms with Crippen molar-refractivity contribution in [2.24, 2.45) is 0 Å². The second kappa shape index (κ2) is 10.4. The minimum absolute atomic E-state index is 0.0627. The summed E-state index contributed by atoms with van der Waals surface area (Å²) in [6.45, 7) is 5.20. The number of piperidine rings is 1. The smallest absolute Gasteiger partial charge is 0.252 e. The second-order valence-corrected chi connectivity index (χ2v) is 9.45. The fourth-order valence-electron chi connectivity index (χ4n) is 3.83. The standard InChI is InChI=1S/C22H28N6OS2/c1-3-31-22-25-19(27-12-7-4-8-13-27)17-15-24-28(20(17)26-22)14-11-23-21(29)16-9-5-6-10-18(16)30-2/h5-6,9-10,15H,3-4,7-8,11-14H2,1-2H3,(H,23,29). The summed E-state index contributed by atoms with van der Waals surface area (Å²) in [5.74, 6) is 1.85. The van der Waals surface area contributed by atoms with Crippen LogP contribution < -0.4 is 10.2 Å². The van der Waals surface area contributed by atoms with Crippen LogP contribution in [0.4, 0.5) is 5.82 Å². The number of carbonyl (C=O) groups excluding carboxylic acids is 1. The molecule has 7 nitrogen and oxygen atoms in total. The molecule has 0 atom stereocenters. The molecule has 1 aliphatic rings. The molecule has 0 bridgehead atoms. The lowest BCUT2D eigenvalue weighted by atomic mass is 10.1. The Balaban J connectivity index is 1.52. The van der Waals surface area contributed by atoms with Crippen molar-refractivity contribution in [3.05, 3.63) is 36.0 Å². The van der Waals surface area contributed by atoms with Crippen molar-refractivity contribution in [2.45, 2.75) is 42.8 Å². The van der Waals surface area contributed by atoms with Crippen LogP contribution in [-0.4, -0.2) is 57.3 Å². The summed E-state index contributed by atoms with van der Waals surface area (Å²) in [5, 5.41) is 9.38. The Kier molecular flexibility index (Phi) is 7.34. The summed E-state index contributed by atoms with van der Waals surface area (Å²) in [6, 6.07) is 7.66. The summed E-state index contributed by atoms with van der Waals surface area (Å²) in [5.41, 5.74) is 1.54. The first-order valence-electron chi connectivity index (χ1n) is 10.7. The normalized spacial score (nSPS) is 14.2. The Hall–Kier alpha value is -2.26. The Labute approximate surface area is 191 Å². The molecule has 9 heteroatoms. The first-order chi connectivity index (χ1) is 15.2. The van der Waals surface area contributed by atoms with Gasteiger partial charge in [0, 0.05) is 24.5 Å². The molecule has 1 aromatic carbocycles. The highest BCUT2D eigenvalue weighted by atomic mass is 32.2. The quantitative estimate of drug-likeness (QED) is 0.404. The van der Waals surface area contributed by atoms with Gasteiger partial charge >= 0.3 is 0 Å². The molecule has 1 N–H and O–H groups in total. The molecule has 3 heterocycles. The minimum Gasteiger partial charge on any atom is -0.356 e. The maximum absolute atomic E-state index is 12.6. The minimum atomic E-state index is -0.0627. The lowest BCUT2D eigenvalue weighted by molar-refractivity contribution is 0.0949. The van der Waals surface area contributed by atoms with E-state index in [1.54, 1.807) is 23.5 Å². The van der Waals surface area contributed by atoms with Crippen LogP contribution in [-0.2, 0) is 6.54 Å². The summed E-state index contributed by atoms with van der Waals surface area (Å²) >= 11 is 3.22. The molecule has 1 fully saturated rings. The monoisotopic (exact) mass is 456 g/mol. The maximum atomic E-state index is 12.6. The summed E-state index contributed by atoms with van der Waals surface area (Å²) in [7, 11) is 0. The van der Waals surface area contributed by atoms with Gasteiger partial charge in [0.25, 0.3) is 5.91 Å². The van der Waals surface area contributed by atoms with Gasteiger partial charge in [-0.3, -0.25) is 4.79 Å². The van der Waals surface area contributed by atoms with E-state index < -0.39 is 0 Å². The highest BCUT2D eigenvalue weighted by molar-refractivity contribution is 7.99. The maximum Gasteiger partial charge on any atom is 0.252 e. The zero-order chi connectivity index (χ0) is 21.6. The van der Waals surface area contributed by atoms with Crippen LogP contribution in [0.15, 0.2) is 40.5 Å². The predicted octanol–water partition coefficient (Wildman–Crippen LogP) is 4.08. The Morgan fingerprint density at radius 3 is 2.74 bits per heavy atom. The molecule has 0 spiro atoms. The van der Waals surface area contributed by atoms with Crippen LogP contribution >= 0.6 is 23.5 Å². The number of thioether (sulfide) groups is 2. The Morgan fingerprint density at radius 2 is 1.97 bits per heavy atom. The number of carbonyl (C=O) groups is 1. The van der Waals surface area contributed by atoms with E-state index in [4.69, 9.17) is 9.97 Å². The van der Waals surface area contributed by atoms with Crippen LogP contribution in [0.25, 0.3) is 11.0 Å². The van der Waals surface area contributed by atoms with Crippen molar-refractivity contribution in [1.82, 2.24) is 25.1 Å². The van der Waals surface area contributed by atoms with E-state index in [9.17, 15) is 4.79 Å². The third kappa shape index (κ3) is 4.98. The van der Waals surface area contributed by atoms with E-state index in [1.165, 1.54) is 19.3 Å². The molecule has 3 aromatic rings. The summed E-state index contributed by atoms with van der Waals surface area (Å²) < 4.78 is 1.88. The summed E-state index contributed by atoms with van der Waals surface area (Å²) in [4.78, 5) is 25.6. The number of fused-ring (bicyclic) bond motifs is 1. The second-order valence-electron chi connectivity index (χ2n) is 7.37. The number of benzene rings is 1. The number of rotatable bonds is 8. The summed E-state index contributed by atoms with van der Waals surface area (Å²) in [6.07, 6.45) is 7.51. The van der Waals surface area contributed by atoms with E-state index in [0.717, 1.165) is 45.7 Å². The van der Waals surface area contributed by atoms with Crippen LogP contribution in [0.3, 0.4) is 0 Å². The molecule has 2 aromatic heterocycles. The first-order valence-corrected chi connectivity index (χ1v) is 12.9. The largest absolute Gasteiger partial charge is 0.356 e. The molecule has 1 amide bonds. The third-order valence-corrected chi connectivity index (χ3v) is 6.87. The topological polar surface area (TPSA) is 75.9 Å². The van der Waals surface area contributed by atoms with E-state index >= 15 is 0 Å². The molecular weight excluding hydrogens is 428 g/mol. The number of aromatic nitrogens is 4. The fourth-order valence-corrected chi connectivity index (χ4v) is 4.98. The molecule has 1 saturated heterocycles. The van der Waals surface area contributed by atoms with Crippen molar-refractivity contribution in [3.8, 4) is 0 Å². The number of nitrogens with one attached hydrogen (secondary N) is 1. The van der Waals surface area contributed by atoms with Crippen molar-refractivity contribution < 1.29 is 4.79 Å². The van der Waals surface area contributed by atoms with Crippen molar-refractivity contribution in [2.75, 3.05) is 36.5 Å². The van der Waals surface area contributed by atoms with Crippen molar-refractivity contribution >= 4 is 46.3 Å². The van der Waals surface area contributed by atoms with Crippen molar-refractivity contribution in [1.29, 1.82) is 0 Å². The van der Waals surface area contributed by atoms with Gasteiger partial charge < -0.3 is 10.2 Å². The predicted molar refractivity (Wildman–Crippen MR) is 128 cm³/mol. The molecule has 164 valence electrons. The molecule has 0 saturated carbocycles. The molecule has 31 heavy (non-hydrogen) atoms. The average Bonchev–Trinajstić information content (AvgIpc) is 3.22. The van der Waals surface area contributed by atoms with E-state index in [-0.39, 0.29) is 5.91 Å². The highest BCUT2D eigenvalue weighted by Crippen LogP contribution is 2.29. The van der Waals surface area contributed by atoms with Crippen LogP contribution in [0.2, 0.25) is 0 Å². The van der Waals surface area contributed by atoms with Gasteiger partial charge in [-0.15, -0.1) is 11.8 Å². The SMILES string of the molecule is CCSc1nc(N2CCCCC2)c2cnn(CCNC(=O)c3ccccc3SC)c2n1. The van der Waals surface area contributed by atoms with E-state index in [1.807, 2.05) is 41.4 Å². The van der Waals surface area contributed by atoms with E-state index in [2.05, 4.69) is 22.2 Å². The van der Waals surface area contributed by atoms with Gasteiger partial charge in [-0.1, -0.05) is 30.8 Å². The molecule has 1 aliphatic heterocycles. The van der Waals surface area contributed by atoms with Crippen LogP contribution in [0.5, 0.6) is 0 Å². The van der Waals surface area contributed by atoms with Crippen LogP contribution in [0.1, 0.15) is 36.5 Å². The van der Waals surface area contributed by atoms with Crippen molar-refractivity contribution in [3.63, 3.8) is 0 Å². The number of nitrogens with zero attached hydrogens (tertiary/aromatic N) is 5. The molecule has 0 unspecified atom stereocenters. The van der Waals surface area contributed by atoms with Gasteiger partial charge in [-0.25, -0.2) is 14.6 Å². The highest BCUT2D eigenvalue weighted by Gasteiger charge is 2.20. The zero-order valence-electron chi connectivity index (χ0n) is 18.0. The van der Waals surface area contributed by atoms with Gasteiger partial charge in [-0.2, -0.15) is 5.10 Å². The van der Waals surface area contributed by atoms with Gasteiger partial charge in [0.15, 0.2) is 10.8 Å². The Bertz CT molecular complexity index is 1050. The lowest BCUT2D eigenvalue weighted by Gasteiger charge is -2.28. The molecule has 4 rings (SSSR count). The molecular formula is C22H28N6OS2. The fraction of sp³-hybridized carbons (Fsp3) is 0.455. The third-order valence-electron chi connectivity index (χ3n) is 5.35. The van der Waals surface area contributed by atoms with E-state index in [0.29, 0.717) is 18.7 Å². The van der Waals surface area contributed by atoms with Gasteiger partial charge in [0.1, 0.15) is 5.82 Å². The molecule has 0 radical (unpaired) electrons. The number of anilines is 1. The van der Waals surface area contributed by atoms with Gasteiger partial charge in [0.2, 0.25) is 0 Å². The molecule has 0 aliphatic carbocycles. The van der Waals surface area contributed by atoms with Gasteiger partial charge in [-0.05, 0) is 43.4 Å². The number of hydrogen-bond donors (Lipinski definition) is 1. The number of amides is 1. The average molecular weight is 457 g/mol. The zero-order valence-corrected chi connectivity index (χ0v) is 19.6. The van der Waals surface area contributed by atoms with Crippen LogP contribution in [0, 0.1) is 0 Å². The number of hydrogen-bond acceptors (Lipinski definition) is 7. The lowest BCUT2D eigenvalue weighted by Crippen LogP contribution is -2.30. The first kappa shape index (κ1) is 22.0. The van der Waals surface area contributed by atoms with Gasteiger partial charge in [0.05, 0.1) is 23.7 Å². The Morgan fingerprint density at radius 1 is 1.16 bits per heavy atom.